The summed E-state index contributed by atoms with van der Waals surface area (Å²) in [7, 11) is 0. The maximum Gasteiger partial charge on any atom is 0.229 e. The first-order chi connectivity index (χ1) is 11.7. The molecule has 0 aliphatic carbocycles. The highest BCUT2D eigenvalue weighted by Gasteiger charge is 2.16. The molecule has 0 aliphatic rings. The lowest BCUT2D eigenvalue weighted by atomic mass is 10.3. The molecule has 0 unspecified atom stereocenters. The zero-order chi connectivity index (χ0) is 16.9. The largest absolute Gasteiger partial charge is 0.334 e. The molecule has 7 heteroatoms. The molecule has 0 N–H and O–H groups in total. The van der Waals surface area contributed by atoms with Crippen molar-refractivity contribution in [1.82, 2.24) is 9.88 Å². The van der Waals surface area contributed by atoms with Crippen LogP contribution in [0.3, 0.4) is 0 Å². The molecule has 1 amide bonds. The molecule has 0 saturated carbocycles. The van der Waals surface area contributed by atoms with Crippen LogP contribution < -0.4 is 0 Å². The number of carbonyl (C=O) groups excluding carboxylic acids is 1. The predicted octanol–water partition coefficient (Wildman–Crippen LogP) is 5.34. The number of rotatable bonds is 7. The van der Waals surface area contributed by atoms with E-state index >= 15 is 0 Å². The molecule has 3 aromatic heterocycles. The van der Waals surface area contributed by atoms with Gasteiger partial charge in [0, 0.05) is 16.8 Å². The van der Waals surface area contributed by atoms with E-state index in [-0.39, 0.29) is 5.91 Å². The number of thiazole rings is 1. The monoisotopic (exact) mass is 394 g/mol. The van der Waals surface area contributed by atoms with Crippen LogP contribution >= 0.6 is 45.6 Å². The summed E-state index contributed by atoms with van der Waals surface area (Å²) in [4.78, 5) is 21.2. The average Bonchev–Trinajstić information content (AvgIpc) is 3.28. The minimum absolute atomic E-state index is 0.0439. The van der Waals surface area contributed by atoms with Crippen molar-refractivity contribution < 1.29 is 4.79 Å². The SMILES string of the molecule is C=CCN(Cc1ccc(Cl)s1)C(=O)Cc1csc(-c2cccs2)n1. The number of nitrogens with zero attached hydrogens (tertiary/aromatic N) is 2. The first-order valence-electron chi connectivity index (χ1n) is 7.27. The second-order valence-electron chi connectivity index (χ2n) is 5.07. The summed E-state index contributed by atoms with van der Waals surface area (Å²) in [5, 5.41) is 4.95. The van der Waals surface area contributed by atoms with Crippen LogP contribution in [-0.2, 0) is 17.8 Å². The van der Waals surface area contributed by atoms with Crippen LogP contribution in [0, 0.1) is 0 Å². The van der Waals surface area contributed by atoms with E-state index in [9.17, 15) is 4.79 Å². The second-order valence-corrected chi connectivity index (χ2v) is 8.67. The van der Waals surface area contributed by atoms with Gasteiger partial charge < -0.3 is 4.90 Å². The van der Waals surface area contributed by atoms with Crippen LogP contribution in [-0.4, -0.2) is 22.3 Å². The van der Waals surface area contributed by atoms with Crippen LogP contribution in [0.1, 0.15) is 10.6 Å². The Morgan fingerprint density at radius 2 is 2.21 bits per heavy atom. The van der Waals surface area contributed by atoms with Gasteiger partial charge in [0.2, 0.25) is 5.91 Å². The summed E-state index contributed by atoms with van der Waals surface area (Å²) in [6.07, 6.45) is 2.04. The third-order valence-corrected chi connectivity index (χ3v) is 6.44. The topological polar surface area (TPSA) is 33.2 Å². The Balaban J connectivity index is 1.68. The zero-order valence-electron chi connectivity index (χ0n) is 12.8. The zero-order valence-corrected chi connectivity index (χ0v) is 16.0. The van der Waals surface area contributed by atoms with Crippen LogP contribution in [0.25, 0.3) is 9.88 Å². The normalized spacial score (nSPS) is 10.7. The van der Waals surface area contributed by atoms with Crippen LogP contribution in [0.15, 0.2) is 47.7 Å². The third kappa shape index (κ3) is 4.33. The van der Waals surface area contributed by atoms with E-state index in [2.05, 4.69) is 11.6 Å². The fourth-order valence-corrected chi connectivity index (χ4v) is 4.94. The first-order valence-corrected chi connectivity index (χ1v) is 10.2. The van der Waals surface area contributed by atoms with Crippen LogP contribution in [0.2, 0.25) is 4.34 Å². The molecular weight excluding hydrogens is 380 g/mol. The Morgan fingerprint density at radius 3 is 2.88 bits per heavy atom. The molecule has 24 heavy (non-hydrogen) atoms. The summed E-state index contributed by atoms with van der Waals surface area (Å²) in [5.74, 6) is 0.0439. The lowest BCUT2D eigenvalue weighted by Gasteiger charge is -2.20. The van der Waals surface area contributed by atoms with Gasteiger partial charge in [0.15, 0.2) is 0 Å². The van der Waals surface area contributed by atoms with Gasteiger partial charge in [0.1, 0.15) is 5.01 Å². The van der Waals surface area contributed by atoms with Gasteiger partial charge in [-0.15, -0.1) is 40.6 Å². The van der Waals surface area contributed by atoms with Gasteiger partial charge in [-0.1, -0.05) is 23.7 Å². The van der Waals surface area contributed by atoms with Crippen molar-refractivity contribution in [3.05, 3.63) is 62.6 Å². The van der Waals surface area contributed by atoms with Gasteiger partial charge in [0.05, 0.1) is 27.9 Å². The Bertz CT molecular complexity index is 823. The van der Waals surface area contributed by atoms with Gasteiger partial charge in [-0.05, 0) is 23.6 Å². The molecule has 3 aromatic rings. The number of aromatic nitrogens is 1. The average molecular weight is 395 g/mol. The van der Waals surface area contributed by atoms with Gasteiger partial charge in [-0.25, -0.2) is 4.98 Å². The standard InChI is InChI=1S/C17H15ClN2OS3/c1-2-7-20(10-13-5-6-15(18)24-13)16(21)9-12-11-23-17(19-12)14-4-3-8-22-14/h2-6,8,11H,1,7,9-10H2. The lowest BCUT2D eigenvalue weighted by Crippen LogP contribution is -2.31. The second kappa shape index (κ2) is 8.07. The summed E-state index contributed by atoms with van der Waals surface area (Å²) in [6.45, 7) is 4.80. The van der Waals surface area contributed by atoms with Crippen molar-refractivity contribution in [1.29, 1.82) is 0 Å². The Kier molecular flexibility index (Phi) is 5.84. The molecule has 0 radical (unpaired) electrons. The van der Waals surface area contributed by atoms with E-state index in [1.807, 2.05) is 35.0 Å². The minimum Gasteiger partial charge on any atom is -0.334 e. The molecule has 0 spiro atoms. The van der Waals surface area contributed by atoms with Crippen molar-refractivity contribution in [2.75, 3.05) is 6.54 Å². The smallest absolute Gasteiger partial charge is 0.229 e. The van der Waals surface area contributed by atoms with Gasteiger partial charge >= 0.3 is 0 Å². The highest BCUT2D eigenvalue weighted by molar-refractivity contribution is 7.20. The summed E-state index contributed by atoms with van der Waals surface area (Å²) >= 11 is 10.7. The molecule has 0 fully saturated rings. The number of halogens is 1. The van der Waals surface area contributed by atoms with Crippen molar-refractivity contribution in [2.45, 2.75) is 13.0 Å². The van der Waals surface area contributed by atoms with Crippen LogP contribution in [0.4, 0.5) is 0 Å². The van der Waals surface area contributed by atoms with E-state index in [0.29, 0.717) is 19.5 Å². The van der Waals surface area contributed by atoms with Crippen molar-refractivity contribution in [3.63, 3.8) is 0 Å². The van der Waals surface area contributed by atoms with Gasteiger partial charge in [-0.3, -0.25) is 4.79 Å². The van der Waals surface area contributed by atoms with E-state index in [4.69, 9.17) is 11.6 Å². The number of thiophene rings is 2. The molecule has 3 heterocycles. The highest BCUT2D eigenvalue weighted by Crippen LogP contribution is 2.28. The molecule has 0 atom stereocenters. The lowest BCUT2D eigenvalue weighted by molar-refractivity contribution is -0.130. The van der Waals surface area contributed by atoms with Crippen molar-refractivity contribution in [3.8, 4) is 9.88 Å². The Labute approximate surface area is 157 Å². The van der Waals surface area contributed by atoms with Crippen molar-refractivity contribution in [2.24, 2.45) is 0 Å². The molecule has 124 valence electrons. The minimum atomic E-state index is 0.0439. The van der Waals surface area contributed by atoms with Gasteiger partial charge in [-0.2, -0.15) is 0 Å². The maximum absolute atomic E-state index is 12.6. The molecule has 0 aliphatic heterocycles. The number of hydrogen-bond acceptors (Lipinski definition) is 5. The highest BCUT2D eigenvalue weighted by atomic mass is 35.5. The molecular formula is C17H15ClN2OS3. The quantitative estimate of drug-likeness (QED) is 0.506. The predicted molar refractivity (Wildman–Crippen MR) is 104 cm³/mol. The molecule has 0 aromatic carbocycles. The van der Waals surface area contributed by atoms with Gasteiger partial charge in [0.25, 0.3) is 0 Å². The molecule has 0 bridgehead atoms. The molecule has 3 nitrogen and oxygen atoms in total. The summed E-state index contributed by atoms with van der Waals surface area (Å²) in [5.41, 5.74) is 0.812. The Hall–Kier alpha value is -1.47. The summed E-state index contributed by atoms with van der Waals surface area (Å²) < 4.78 is 0.732. The fraction of sp³-hybridized carbons (Fsp3) is 0.176. The Morgan fingerprint density at radius 1 is 1.33 bits per heavy atom. The van der Waals surface area contributed by atoms with Crippen molar-refractivity contribution >= 4 is 51.5 Å². The van der Waals surface area contributed by atoms with Crippen LogP contribution in [0.5, 0.6) is 0 Å². The first kappa shape index (κ1) is 17.4. The van der Waals surface area contributed by atoms with E-state index in [1.165, 1.54) is 11.3 Å². The number of hydrogen-bond donors (Lipinski definition) is 0. The maximum atomic E-state index is 12.6. The third-order valence-electron chi connectivity index (χ3n) is 3.29. The molecule has 3 rings (SSSR count). The number of carbonyl (C=O) groups is 1. The summed E-state index contributed by atoms with van der Waals surface area (Å²) in [6, 6.07) is 7.85. The number of amides is 1. The van der Waals surface area contributed by atoms with E-state index in [0.717, 1.165) is 24.8 Å². The fourth-order valence-electron chi connectivity index (χ4n) is 2.20. The van der Waals surface area contributed by atoms with E-state index in [1.54, 1.807) is 33.6 Å². The van der Waals surface area contributed by atoms with E-state index < -0.39 is 0 Å². The molecule has 0 saturated heterocycles.